The first-order valence-corrected chi connectivity index (χ1v) is 9.15. The largest absolute Gasteiger partial charge is 0.453 e. The van der Waals surface area contributed by atoms with E-state index in [-0.39, 0.29) is 12.2 Å². The van der Waals surface area contributed by atoms with E-state index in [1.165, 1.54) is 30.8 Å². The monoisotopic (exact) mass is 379 g/mol. The number of rotatable bonds is 7. The summed E-state index contributed by atoms with van der Waals surface area (Å²) in [6.07, 6.45) is -0.748. The minimum absolute atomic E-state index is 0.157. The van der Waals surface area contributed by atoms with Crippen molar-refractivity contribution in [2.24, 2.45) is 7.05 Å². The highest BCUT2D eigenvalue weighted by Gasteiger charge is 2.20. The second-order valence-electron chi connectivity index (χ2n) is 5.84. The third kappa shape index (κ3) is 5.32. The number of aryl methyl sites for hydroxylation is 2. The first-order valence-electron chi connectivity index (χ1n) is 8.17. The smallest absolute Gasteiger partial charge is 0.307 e. The molecule has 1 amide bonds. The normalized spacial score (nSPS) is 11.9. The summed E-state index contributed by atoms with van der Waals surface area (Å²) in [6.45, 7) is 5.17. The Balaban J connectivity index is 1.78. The van der Waals surface area contributed by atoms with Gasteiger partial charge in [-0.05, 0) is 45.0 Å². The van der Waals surface area contributed by atoms with E-state index in [2.05, 4.69) is 10.4 Å². The van der Waals surface area contributed by atoms with Gasteiger partial charge >= 0.3 is 5.97 Å². The number of benzene rings is 1. The first kappa shape index (κ1) is 20.0. The number of hydrogen-bond donors (Lipinski definition) is 1. The average molecular weight is 379 g/mol. The molecule has 0 radical (unpaired) electrons. The zero-order valence-corrected chi connectivity index (χ0v) is 16.0. The molecule has 1 aromatic heterocycles. The van der Waals surface area contributed by atoms with Gasteiger partial charge in [-0.15, -0.1) is 11.8 Å². The molecule has 0 aliphatic carbocycles. The number of ether oxygens (including phenoxy) is 1. The maximum Gasteiger partial charge on any atom is 0.307 e. The van der Waals surface area contributed by atoms with Crippen molar-refractivity contribution < 1.29 is 18.7 Å². The zero-order valence-electron chi connectivity index (χ0n) is 15.2. The summed E-state index contributed by atoms with van der Waals surface area (Å²) in [5, 5.41) is 6.98. The summed E-state index contributed by atoms with van der Waals surface area (Å²) in [5.74, 6) is -0.669. The zero-order chi connectivity index (χ0) is 19.3. The van der Waals surface area contributed by atoms with E-state index in [4.69, 9.17) is 4.74 Å². The van der Waals surface area contributed by atoms with Gasteiger partial charge in [-0.25, -0.2) is 4.39 Å². The Morgan fingerprint density at radius 3 is 2.54 bits per heavy atom. The number of carbonyl (C=O) groups excluding carboxylic acids is 2. The minimum Gasteiger partial charge on any atom is -0.453 e. The van der Waals surface area contributed by atoms with Crippen LogP contribution in [-0.2, 0) is 21.4 Å². The molecule has 2 aromatic rings. The number of carbonyl (C=O) groups is 2. The van der Waals surface area contributed by atoms with Crippen LogP contribution in [0, 0.1) is 19.7 Å². The minimum atomic E-state index is -0.905. The van der Waals surface area contributed by atoms with Gasteiger partial charge < -0.3 is 10.1 Å². The van der Waals surface area contributed by atoms with Crippen LogP contribution in [0.1, 0.15) is 24.7 Å². The van der Waals surface area contributed by atoms with Crippen molar-refractivity contribution in [2.45, 2.75) is 38.2 Å². The standard InChI is InChI=1S/C18H22FN3O3S/c1-11-17(12(2)22(4)21-11)20-18(24)13(3)25-16(23)9-10-26-15-7-5-14(19)6-8-15/h5-8,13H,9-10H2,1-4H3,(H,20,24)/t13-/m1/s1. The Labute approximate surface area is 156 Å². The van der Waals surface area contributed by atoms with Crippen molar-refractivity contribution in [3.05, 3.63) is 41.5 Å². The molecule has 2 rings (SSSR count). The summed E-state index contributed by atoms with van der Waals surface area (Å²) in [5.41, 5.74) is 2.16. The Morgan fingerprint density at radius 2 is 1.96 bits per heavy atom. The van der Waals surface area contributed by atoms with E-state index in [0.717, 1.165) is 10.6 Å². The summed E-state index contributed by atoms with van der Waals surface area (Å²) < 4.78 is 19.7. The van der Waals surface area contributed by atoms with E-state index in [0.29, 0.717) is 17.1 Å². The quantitative estimate of drug-likeness (QED) is 0.591. The van der Waals surface area contributed by atoms with E-state index in [9.17, 15) is 14.0 Å². The van der Waals surface area contributed by atoms with Gasteiger partial charge in [-0.2, -0.15) is 5.10 Å². The second-order valence-corrected chi connectivity index (χ2v) is 7.01. The molecule has 0 spiro atoms. The van der Waals surface area contributed by atoms with Crippen LogP contribution in [-0.4, -0.2) is 33.5 Å². The Morgan fingerprint density at radius 1 is 1.31 bits per heavy atom. The Bertz CT molecular complexity index is 790. The summed E-state index contributed by atoms with van der Waals surface area (Å²) in [6, 6.07) is 6.05. The fourth-order valence-electron chi connectivity index (χ4n) is 2.27. The van der Waals surface area contributed by atoms with E-state index in [1.807, 2.05) is 6.92 Å². The van der Waals surface area contributed by atoms with Gasteiger partial charge in [0.1, 0.15) is 5.82 Å². The predicted octanol–water partition coefficient (Wildman–Crippen LogP) is 3.23. The van der Waals surface area contributed by atoms with Crippen LogP contribution in [0.5, 0.6) is 0 Å². The maximum absolute atomic E-state index is 12.8. The molecular formula is C18H22FN3O3S. The molecule has 8 heteroatoms. The van der Waals surface area contributed by atoms with Gasteiger partial charge in [0, 0.05) is 17.7 Å². The number of amides is 1. The average Bonchev–Trinajstić information content (AvgIpc) is 2.82. The van der Waals surface area contributed by atoms with Gasteiger partial charge in [0.25, 0.3) is 5.91 Å². The van der Waals surface area contributed by atoms with Crippen molar-refractivity contribution in [2.75, 3.05) is 11.1 Å². The predicted molar refractivity (Wildman–Crippen MR) is 98.6 cm³/mol. The molecule has 1 heterocycles. The van der Waals surface area contributed by atoms with E-state index in [1.54, 1.807) is 30.8 Å². The molecule has 1 atom stereocenters. The molecule has 1 aromatic carbocycles. The summed E-state index contributed by atoms with van der Waals surface area (Å²) in [7, 11) is 1.79. The highest BCUT2D eigenvalue weighted by atomic mass is 32.2. The third-order valence-electron chi connectivity index (χ3n) is 3.82. The summed E-state index contributed by atoms with van der Waals surface area (Å²) >= 11 is 1.42. The van der Waals surface area contributed by atoms with Gasteiger partial charge in [-0.3, -0.25) is 14.3 Å². The van der Waals surface area contributed by atoms with Crippen LogP contribution in [0.4, 0.5) is 10.1 Å². The van der Waals surface area contributed by atoms with Crippen LogP contribution in [0.3, 0.4) is 0 Å². The number of esters is 1. The van der Waals surface area contributed by atoms with Gasteiger partial charge in [0.2, 0.25) is 0 Å². The van der Waals surface area contributed by atoms with E-state index < -0.39 is 18.0 Å². The van der Waals surface area contributed by atoms with Crippen molar-refractivity contribution in [3.8, 4) is 0 Å². The van der Waals surface area contributed by atoms with Crippen LogP contribution < -0.4 is 5.32 Å². The number of nitrogens with zero attached hydrogens (tertiary/aromatic N) is 2. The molecule has 26 heavy (non-hydrogen) atoms. The second kappa shape index (κ2) is 8.84. The third-order valence-corrected chi connectivity index (χ3v) is 4.84. The molecule has 0 aliphatic rings. The molecule has 6 nitrogen and oxygen atoms in total. The molecule has 0 saturated carbocycles. The van der Waals surface area contributed by atoms with Gasteiger partial charge in [0.05, 0.1) is 23.5 Å². The lowest BCUT2D eigenvalue weighted by molar-refractivity contribution is -0.152. The molecule has 0 bridgehead atoms. The molecule has 0 unspecified atom stereocenters. The number of halogens is 1. The lowest BCUT2D eigenvalue weighted by Gasteiger charge is -2.13. The molecule has 0 fully saturated rings. The maximum atomic E-state index is 12.8. The van der Waals surface area contributed by atoms with Crippen LogP contribution >= 0.6 is 11.8 Å². The van der Waals surface area contributed by atoms with Crippen molar-refractivity contribution in [1.29, 1.82) is 0 Å². The van der Waals surface area contributed by atoms with Crippen LogP contribution in [0.15, 0.2) is 29.2 Å². The summed E-state index contributed by atoms with van der Waals surface area (Å²) in [4.78, 5) is 25.0. The topological polar surface area (TPSA) is 73.2 Å². The van der Waals surface area contributed by atoms with Crippen LogP contribution in [0.25, 0.3) is 0 Å². The Kier molecular flexibility index (Phi) is 6.79. The lowest BCUT2D eigenvalue weighted by atomic mass is 10.3. The van der Waals surface area contributed by atoms with Gasteiger partial charge in [-0.1, -0.05) is 0 Å². The van der Waals surface area contributed by atoms with Crippen molar-refractivity contribution in [3.63, 3.8) is 0 Å². The number of hydrogen-bond acceptors (Lipinski definition) is 5. The number of thioether (sulfide) groups is 1. The van der Waals surface area contributed by atoms with E-state index >= 15 is 0 Å². The number of anilines is 1. The fraction of sp³-hybridized carbons (Fsp3) is 0.389. The Hall–Kier alpha value is -2.35. The molecular weight excluding hydrogens is 357 g/mol. The fourth-order valence-corrected chi connectivity index (χ4v) is 3.10. The number of aromatic nitrogens is 2. The highest BCUT2D eigenvalue weighted by Crippen LogP contribution is 2.20. The van der Waals surface area contributed by atoms with Gasteiger partial charge in [0.15, 0.2) is 6.10 Å². The molecule has 140 valence electrons. The highest BCUT2D eigenvalue weighted by molar-refractivity contribution is 7.99. The molecule has 1 N–H and O–H groups in total. The van der Waals surface area contributed by atoms with Crippen molar-refractivity contribution in [1.82, 2.24) is 9.78 Å². The van der Waals surface area contributed by atoms with Crippen molar-refractivity contribution >= 4 is 29.3 Å². The SMILES string of the molecule is Cc1nn(C)c(C)c1NC(=O)[C@@H](C)OC(=O)CCSc1ccc(F)cc1. The molecule has 0 saturated heterocycles. The molecule has 0 aliphatic heterocycles. The first-order chi connectivity index (χ1) is 12.3. The lowest BCUT2D eigenvalue weighted by Crippen LogP contribution is -2.30. The number of nitrogens with one attached hydrogen (secondary N) is 1. The van der Waals surface area contributed by atoms with Crippen LogP contribution in [0.2, 0.25) is 0 Å².